The summed E-state index contributed by atoms with van der Waals surface area (Å²) < 4.78 is 5.68. The highest BCUT2D eigenvalue weighted by Crippen LogP contribution is 2.44. The number of hydrogen-bond acceptors (Lipinski definition) is 5. The van der Waals surface area contributed by atoms with Gasteiger partial charge in [0.2, 0.25) is 0 Å². The van der Waals surface area contributed by atoms with Crippen molar-refractivity contribution < 1.29 is 19.4 Å². The first kappa shape index (κ1) is 21.8. The van der Waals surface area contributed by atoms with E-state index in [4.69, 9.17) is 4.74 Å². The Morgan fingerprint density at radius 3 is 2.62 bits per heavy atom. The lowest BCUT2D eigenvalue weighted by atomic mass is 9.99. The molecule has 1 fully saturated rings. The summed E-state index contributed by atoms with van der Waals surface area (Å²) >= 11 is 1.45. The van der Waals surface area contributed by atoms with Gasteiger partial charge < -0.3 is 9.84 Å². The van der Waals surface area contributed by atoms with Crippen LogP contribution >= 0.6 is 11.3 Å². The lowest BCUT2D eigenvalue weighted by molar-refractivity contribution is -0.132. The molecule has 0 saturated carbocycles. The van der Waals surface area contributed by atoms with Gasteiger partial charge in [0.15, 0.2) is 0 Å². The van der Waals surface area contributed by atoms with Gasteiger partial charge in [-0.3, -0.25) is 14.5 Å². The fraction of sp³-hybridized carbons (Fsp3) is 0.231. The number of aliphatic hydroxyl groups is 1. The minimum Gasteiger partial charge on any atom is -0.507 e. The number of thiophene rings is 1. The van der Waals surface area contributed by atoms with Crippen LogP contribution in [0, 0.1) is 13.8 Å². The number of aliphatic hydroxyl groups excluding tert-OH is 1. The maximum Gasteiger partial charge on any atom is 0.300 e. The Morgan fingerprint density at radius 1 is 1.09 bits per heavy atom. The number of carbonyl (C=O) groups excluding carboxylic acids is 2. The van der Waals surface area contributed by atoms with E-state index >= 15 is 0 Å². The Labute approximate surface area is 191 Å². The third-order valence-electron chi connectivity index (χ3n) is 5.46. The van der Waals surface area contributed by atoms with E-state index in [1.165, 1.54) is 16.2 Å². The van der Waals surface area contributed by atoms with Gasteiger partial charge in [-0.2, -0.15) is 0 Å². The lowest BCUT2D eigenvalue weighted by Gasteiger charge is -2.26. The van der Waals surface area contributed by atoms with Crippen molar-refractivity contribution in [1.29, 1.82) is 0 Å². The van der Waals surface area contributed by atoms with Crippen molar-refractivity contribution in [2.45, 2.75) is 33.2 Å². The summed E-state index contributed by atoms with van der Waals surface area (Å²) in [7, 11) is 0. The number of rotatable bonds is 6. The second-order valence-corrected chi connectivity index (χ2v) is 8.83. The Hall–Kier alpha value is -3.38. The van der Waals surface area contributed by atoms with Crippen molar-refractivity contribution in [3.63, 3.8) is 0 Å². The number of hydrogen-bond donors (Lipinski definition) is 1. The fourth-order valence-electron chi connectivity index (χ4n) is 3.88. The molecule has 1 atom stereocenters. The van der Waals surface area contributed by atoms with Crippen LogP contribution in [-0.2, 0) is 9.59 Å². The molecule has 164 valence electrons. The molecule has 32 heavy (non-hydrogen) atoms. The Kier molecular flexibility index (Phi) is 6.15. The summed E-state index contributed by atoms with van der Waals surface area (Å²) in [6.07, 6.45) is 0.857. The second kappa shape index (κ2) is 9.01. The summed E-state index contributed by atoms with van der Waals surface area (Å²) in [4.78, 5) is 28.8. The summed E-state index contributed by atoms with van der Waals surface area (Å²) in [6, 6.07) is 15.8. The van der Waals surface area contributed by atoms with Crippen molar-refractivity contribution >= 4 is 34.5 Å². The first-order valence-electron chi connectivity index (χ1n) is 10.6. The largest absolute Gasteiger partial charge is 0.507 e. The molecule has 1 amide bonds. The number of Topliss-reactive ketones (excluding diaryl/α,β-unsaturated/α-hetero) is 1. The van der Waals surface area contributed by atoms with Crippen LogP contribution in [0.2, 0.25) is 0 Å². The maximum atomic E-state index is 13.2. The van der Waals surface area contributed by atoms with Gasteiger partial charge in [-0.05, 0) is 61.0 Å². The molecule has 6 heteroatoms. The van der Waals surface area contributed by atoms with E-state index in [1.54, 1.807) is 24.3 Å². The second-order valence-electron chi connectivity index (χ2n) is 7.85. The minimum atomic E-state index is -0.698. The molecule has 5 nitrogen and oxygen atoms in total. The molecule has 3 aromatic rings. The average molecular weight is 448 g/mol. The highest BCUT2D eigenvalue weighted by Gasteiger charge is 2.47. The SMILES string of the molecule is CCCOc1cccc(/C(O)=C2/C(=O)C(=O)N(c3cc(C)ccc3C)C2c2cccs2)c1. The molecule has 1 aliphatic heterocycles. The minimum absolute atomic E-state index is 0.0889. The van der Waals surface area contributed by atoms with Crippen LogP contribution in [0.3, 0.4) is 0 Å². The van der Waals surface area contributed by atoms with Crippen molar-refractivity contribution in [1.82, 2.24) is 0 Å². The monoisotopic (exact) mass is 447 g/mol. The molecule has 1 aliphatic rings. The fourth-order valence-corrected chi connectivity index (χ4v) is 4.71. The molecule has 0 spiro atoms. The number of aryl methyl sites for hydroxylation is 2. The van der Waals surface area contributed by atoms with Gasteiger partial charge in [-0.1, -0.05) is 37.3 Å². The van der Waals surface area contributed by atoms with Crippen LogP contribution < -0.4 is 9.64 Å². The number of carbonyl (C=O) groups is 2. The number of ether oxygens (including phenoxy) is 1. The number of benzene rings is 2. The summed E-state index contributed by atoms with van der Waals surface area (Å²) in [5.41, 5.74) is 3.07. The standard InChI is InChI=1S/C26H25NO4S/c1-4-12-31-19-8-5-7-18(15-19)24(28)22-23(21-9-6-13-32-21)27(26(30)25(22)29)20-14-16(2)10-11-17(20)3/h5-11,13-15,23,28H,4,12H2,1-3H3/b24-22-. The molecule has 2 aromatic carbocycles. The van der Waals surface area contributed by atoms with Gasteiger partial charge in [0.1, 0.15) is 17.6 Å². The van der Waals surface area contributed by atoms with Crippen LogP contribution in [0.25, 0.3) is 5.76 Å². The Balaban J connectivity index is 1.88. The van der Waals surface area contributed by atoms with Crippen LogP contribution in [0.1, 0.15) is 41.0 Å². The van der Waals surface area contributed by atoms with E-state index in [1.807, 2.05) is 56.5 Å². The number of nitrogens with zero attached hydrogens (tertiary/aromatic N) is 1. The quantitative estimate of drug-likeness (QED) is 0.295. The first-order valence-corrected chi connectivity index (χ1v) is 11.4. The van der Waals surface area contributed by atoms with Crippen molar-refractivity contribution in [3.05, 3.63) is 87.1 Å². The topological polar surface area (TPSA) is 66.8 Å². The van der Waals surface area contributed by atoms with E-state index in [-0.39, 0.29) is 11.3 Å². The van der Waals surface area contributed by atoms with Gasteiger partial charge in [-0.25, -0.2) is 0 Å². The normalized spacial score (nSPS) is 17.7. The molecule has 2 heterocycles. The zero-order valence-corrected chi connectivity index (χ0v) is 19.1. The van der Waals surface area contributed by atoms with E-state index in [2.05, 4.69) is 0 Å². The van der Waals surface area contributed by atoms with Gasteiger partial charge in [0.25, 0.3) is 11.7 Å². The predicted octanol–water partition coefficient (Wildman–Crippen LogP) is 5.78. The van der Waals surface area contributed by atoms with E-state index in [9.17, 15) is 14.7 Å². The molecule has 0 aliphatic carbocycles. The number of amides is 1. The molecule has 0 bridgehead atoms. The molecular weight excluding hydrogens is 422 g/mol. The smallest absolute Gasteiger partial charge is 0.300 e. The zero-order chi connectivity index (χ0) is 22.8. The molecule has 4 rings (SSSR count). The molecule has 0 radical (unpaired) electrons. The Morgan fingerprint density at radius 2 is 1.91 bits per heavy atom. The molecular formula is C26H25NO4S. The van der Waals surface area contributed by atoms with Crippen LogP contribution in [0.5, 0.6) is 5.75 Å². The van der Waals surface area contributed by atoms with Gasteiger partial charge in [-0.15, -0.1) is 11.3 Å². The van der Waals surface area contributed by atoms with Crippen molar-refractivity contribution in [2.24, 2.45) is 0 Å². The molecule has 1 unspecified atom stereocenters. The summed E-state index contributed by atoms with van der Waals surface area (Å²) in [5.74, 6) is -0.928. The van der Waals surface area contributed by atoms with Crippen LogP contribution in [-0.4, -0.2) is 23.4 Å². The highest BCUT2D eigenvalue weighted by molar-refractivity contribution is 7.10. The van der Waals surface area contributed by atoms with E-state index in [0.717, 1.165) is 22.4 Å². The third-order valence-corrected chi connectivity index (χ3v) is 6.39. The number of anilines is 1. The summed E-state index contributed by atoms with van der Waals surface area (Å²) in [5, 5.41) is 13.1. The van der Waals surface area contributed by atoms with Gasteiger partial charge >= 0.3 is 0 Å². The average Bonchev–Trinajstić information content (AvgIpc) is 3.41. The van der Waals surface area contributed by atoms with Crippen molar-refractivity contribution in [2.75, 3.05) is 11.5 Å². The van der Waals surface area contributed by atoms with Gasteiger partial charge in [0, 0.05) is 16.1 Å². The van der Waals surface area contributed by atoms with Crippen LogP contribution in [0.15, 0.2) is 65.6 Å². The molecule has 1 aromatic heterocycles. The third kappa shape index (κ3) is 3.94. The highest BCUT2D eigenvalue weighted by atomic mass is 32.1. The Bertz CT molecular complexity index is 1200. The lowest BCUT2D eigenvalue weighted by Crippen LogP contribution is -2.29. The van der Waals surface area contributed by atoms with Crippen molar-refractivity contribution in [3.8, 4) is 5.75 Å². The zero-order valence-electron chi connectivity index (χ0n) is 18.3. The predicted molar refractivity (Wildman–Crippen MR) is 127 cm³/mol. The van der Waals surface area contributed by atoms with Gasteiger partial charge in [0.05, 0.1) is 12.2 Å². The maximum absolute atomic E-state index is 13.2. The summed E-state index contributed by atoms with van der Waals surface area (Å²) in [6.45, 7) is 6.42. The molecule has 1 saturated heterocycles. The first-order chi connectivity index (χ1) is 15.4. The van der Waals surface area contributed by atoms with E-state index in [0.29, 0.717) is 23.6 Å². The molecule has 1 N–H and O–H groups in total. The van der Waals surface area contributed by atoms with Crippen LogP contribution in [0.4, 0.5) is 5.69 Å². The number of ketones is 1. The van der Waals surface area contributed by atoms with E-state index < -0.39 is 17.7 Å².